The normalized spacial score (nSPS) is 13.0. The SMILES string of the molecule is CC(C)CC[C@H](C)NC(=O)c1cnc2c(cnn2C(C)C)c1. The third-order valence-electron chi connectivity index (χ3n) is 3.74. The summed E-state index contributed by atoms with van der Waals surface area (Å²) in [5.41, 5.74) is 1.41. The second kappa shape index (κ2) is 6.90. The molecule has 2 heterocycles. The number of carbonyl (C=O) groups is 1. The molecule has 0 saturated heterocycles. The van der Waals surface area contributed by atoms with Gasteiger partial charge in [-0.15, -0.1) is 0 Å². The molecule has 5 heteroatoms. The average molecular weight is 302 g/mol. The predicted octanol–water partition coefficient (Wildman–Crippen LogP) is 3.57. The standard InChI is InChI=1S/C17H26N4O/c1-11(2)6-7-13(5)20-17(22)15-8-14-10-19-21(12(3)4)16(14)18-9-15/h8-13H,6-7H2,1-5H3,(H,20,22)/t13-/m0/s1. The van der Waals surface area contributed by atoms with Gasteiger partial charge in [-0.25, -0.2) is 9.67 Å². The molecule has 1 N–H and O–H groups in total. The molecule has 0 radical (unpaired) electrons. The molecular formula is C17H26N4O. The second-order valence-corrected chi connectivity index (χ2v) is 6.67. The van der Waals surface area contributed by atoms with Crippen LogP contribution in [0.1, 0.15) is 63.9 Å². The van der Waals surface area contributed by atoms with E-state index in [-0.39, 0.29) is 18.0 Å². The Bertz CT molecular complexity index is 645. The number of hydrogen-bond donors (Lipinski definition) is 1. The maximum atomic E-state index is 12.3. The number of amides is 1. The Hall–Kier alpha value is -1.91. The molecule has 0 saturated carbocycles. The van der Waals surface area contributed by atoms with Crippen molar-refractivity contribution < 1.29 is 4.79 Å². The molecular weight excluding hydrogens is 276 g/mol. The van der Waals surface area contributed by atoms with E-state index in [9.17, 15) is 4.79 Å². The van der Waals surface area contributed by atoms with Crippen LogP contribution >= 0.6 is 0 Å². The van der Waals surface area contributed by atoms with Gasteiger partial charge in [0.15, 0.2) is 5.65 Å². The lowest BCUT2D eigenvalue weighted by Gasteiger charge is -2.15. The summed E-state index contributed by atoms with van der Waals surface area (Å²) < 4.78 is 1.86. The lowest BCUT2D eigenvalue weighted by atomic mass is 10.0. The molecule has 0 aliphatic heterocycles. The third kappa shape index (κ3) is 3.84. The molecule has 0 fully saturated rings. The van der Waals surface area contributed by atoms with Crippen LogP contribution < -0.4 is 5.32 Å². The molecule has 22 heavy (non-hydrogen) atoms. The van der Waals surface area contributed by atoms with Crippen molar-refractivity contribution in [2.75, 3.05) is 0 Å². The van der Waals surface area contributed by atoms with E-state index in [0.717, 1.165) is 23.9 Å². The van der Waals surface area contributed by atoms with E-state index in [0.29, 0.717) is 11.5 Å². The van der Waals surface area contributed by atoms with Gasteiger partial charge in [-0.3, -0.25) is 4.79 Å². The molecule has 5 nitrogen and oxygen atoms in total. The number of hydrogen-bond acceptors (Lipinski definition) is 3. The highest BCUT2D eigenvalue weighted by molar-refractivity contribution is 5.96. The minimum Gasteiger partial charge on any atom is -0.350 e. The van der Waals surface area contributed by atoms with E-state index in [2.05, 4.69) is 43.1 Å². The van der Waals surface area contributed by atoms with Gasteiger partial charge in [0.1, 0.15) is 0 Å². The van der Waals surface area contributed by atoms with Crippen molar-refractivity contribution in [1.82, 2.24) is 20.1 Å². The van der Waals surface area contributed by atoms with Crippen LogP contribution in [0, 0.1) is 5.92 Å². The van der Waals surface area contributed by atoms with Crippen molar-refractivity contribution >= 4 is 16.9 Å². The van der Waals surface area contributed by atoms with Gasteiger partial charge in [0.2, 0.25) is 0 Å². The lowest BCUT2D eigenvalue weighted by Crippen LogP contribution is -2.32. The van der Waals surface area contributed by atoms with Crippen molar-refractivity contribution in [1.29, 1.82) is 0 Å². The maximum Gasteiger partial charge on any atom is 0.253 e. The van der Waals surface area contributed by atoms with Crippen molar-refractivity contribution in [2.24, 2.45) is 5.92 Å². The molecule has 120 valence electrons. The zero-order valence-corrected chi connectivity index (χ0v) is 14.1. The molecule has 1 atom stereocenters. The van der Waals surface area contributed by atoms with Gasteiger partial charge < -0.3 is 5.32 Å². The number of rotatable bonds is 6. The molecule has 0 aliphatic rings. The monoisotopic (exact) mass is 302 g/mol. The first kappa shape index (κ1) is 16.5. The molecule has 0 bridgehead atoms. The van der Waals surface area contributed by atoms with Crippen LogP contribution in [0.5, 0.6) is 0 Å². The van der Waals surface area contributed by atoms with Crippen molar-refractivity contribution in [3.05, 3.63) is 24.0 Å². The average Bonchev–Trinajstić information content (AvgIpc) is 2.88. The van der Waals surface area contributed by atoms with Gasteiger partial charge in [0, 0.05) is 23.7 Å². The minimum absolute atomic E-state index is 0.0667. The fraction of sp³-hybridized carbons (Fsp3) is 0.588. The van der Waals surface area contributed by atoms with Crippen molar-refractivity contribution in [3.8, 4) is 0 Å². The molecule has 2 aromatic heterocycles. The minimum atomic E-state index is -0.0667. The third-order valence-corrected chi connectivity index (χ3v) is 3.74. The van der Waals surface area contributed by atoms with E-state index < -0.39 is 0 Å². The number of pyridine rings is 1. The molecule has 0 aromatic carbocycles. The zero-order valence-electron chi connectivity index (χ0n) is 14.1. The summed E-state index contributed by atoms with van der Waals surface area (Å²) in [4.78, 5) is 16.7. The zero-order chi connectivity index (χ0) is 16.3. The fourth-order valence-electron chi connectivity index (χ4n) is 2.40. The van der Waals surface area contributed by atoms with E-state index in [1.54, 1.807) is 12.4 Å². The van der Waals surface area contributed by atoms with Gasteiger partial charge in [0.25, 0.3) is 5.91 Å². The Morgan fingerprint density at radius 2 is 1.91 bits per heavy atom. The van der Waals surface area contributed by atoms with Gasteiger partial charge in [0.05, 0.1) is 11.8 Å². The summed E-state index contributed by atoms with van der Waals surface area (Å²) in [6.07, 6.45) is 5.50. The molecule has 0 unspecified atom stereocenters. The quantitative estimate of drug-likeness (QED) is 0.887. The van der Waals surface area contributed by atoms with Gasteiger partial charge in [-0.1, -0.05) is 13.8 Å². The molecule has 0 spiro atoms. The van der Waals surface area contributed by atoms with E-state index in [1.165, 1.54) is 0 Å². The summed E-state index contributed by atoms with van der Waals surface area (Å²) >= 11 is 0. The highest BCUT2D eigenvalue weighted by atomic mass is 16.1. The highest BCUT2D eigenvalue weighted by Gasteiger charge is 2.13. The van der Waals surface area contributed by atoms with Crippen molar-refractivity contribution in [2.45, 2.75) is 59.5 Å². The van der Waals surface area contributed by atoms with E-state index in [1.807, 2.05) is 17.7 Å². The molecule has 2 rings (SSSR count). The van der Waals surface area contributed by atoms with E-state index >= 15 is 0 Å². The maximum absolute atomic E-state index is 12.3. The molecule has 0 aliphatic carbocycles. The highest BCUT2D eigenvalue weighted by Crippen LogP contribution is 2.17. The summed E-state index contributed by atoms with van der Waals surface area (Å²) in [6.45, 7) is 10.6. The van der Waals surface area contributed by atoms with Crippen LogP contribution in [0.4, 0.5) is 0 Å². The Morgan fingerprint density at radius 3 is 2.55 bits per heavy atom. The van der Waals surface area contributed by atoms with Gasteiger partial charge in [-0.05, 0) is 45.6 Å². The Balaban J connectivity index is 2.09. The Labute approximate surface area is 132 Å². The lowest BCUT2D eigenvalue weighted by molar-refractivity contribution is 0.0937. The Morgan fingerprint density at radius 1 is 1.18 bits per heavy atom. The van der Waals surface area contributed by atoms with Crippen LogP contribution in [0.25, 0.3) is 11.0 Å². The molecule has 1 amide bonds. The van der Waals surface area contributed by atoms with Gasteiger partial charge in [-0.2, -0.15) is 5.10 Å². The first-order valence-electron chi connectivity index (χ1n) is 8.02. The topological polar surface area (TPSA) is 59.8 Å². The Kier molecular flexibility index (Phi) is 5.16. The first-order valence-corrected chi connectivity index (χ1v) is 8.02. The second-order valence-electron chi connectivity index (χ2n) is 6.67. The summed E-state index contributed by atoms with van der Waals surface area (Å²) in [5.74, 6) is 0.585. The van der Waals surface area contributed by atoms with Crippen LogP contribution in [-0.2, 0) is 0 Å². The van der Waals surface area contributed by atoms with Crippen LogP contribution in [0.3, 0.4) is 0 Å². The summed E-state index contributed by atoms with van der Waals surface area (Å²) in [6, 6.07) is 2.28. The van der Waals surface area contributed by atoms with E-state index in [4.69, 9.17) is 0 Å². The summed E-state index contributed by atoms with van der Waals surface area (Å²) in [5, 5.41) is 8.27. The fourth-order valence-corrected chi connectivity index (χ4v) is 2.40. The smallest absolute Gasteiger partial charge is 0.253 e. The molecule has 2 aromatic rings. The van der Waals surface area contributed by atoms with Crippen LogP contribution in [0.2, 0.25) is 0 Å². The number of aromatic nitrogens is 3. The number of carbonyl (C=O) groups excluding carboxylic acids is 1. The summed E-state index contributed by atoms with van der Waals surface area (Å²) in [7, 11) is 0. The predicted molar refractivity (Wildman–Crippen MR) is 88.9 cm³/mol. The van der Waals surface area contributed by atoms with Crippen LogP contribution in [0.15, 0.2) is 18.5 Å². The first-order chi connectivity index (χ1) is 10.4. The van der Waals surface area contributed by atoms with Crippen molar-refractivity contribution in [3.63, 3.8) is 0 Å². The number of fused-ring (bicyclic) bond motifs is 1. The van der Waals surface area contributed by atoms with Crippen LogP contribution in [-0.4, -0.2) is 26.7 Å². The number of nitrogens with one attached hydrogen (secondary N) is 1. The largest absolute Gasteiger partial charge is 0.350 e. The number of nitrogens with zero attached hydrogens (tertiary/aromatic N) is 3. The van der Waals surface area contributed by atoms with Gasteiger partial charge >= 0.3 is 0 Å².